The Bertz CT molecular complexity index is 467. The van der Waals surface area contributed by atoms with E-state index in [2.05, 4.69) is 4.98 Å². The first kappa shape index (κ1) is 11.5. The molecule has 98 valence electrons. The molecule has 1 aliphatic rings. The monoisotopic (exact) mass is 249 g/mol. The van der Waals surface area contributed by atoms with Crippen molar-refractivity contribution in [2.75, 3.05) is 11.4 Å². The molecule has 4 nitrogen and oxygen atoms in total. The third-order valence-electron chi connectivity index (χ3n) is 2.62. The minimum absolute atomic E-state index is 0.342. The molecule has 0 aromatic carbocycles. The van der Waals surface area contributed by atoms with Crippen LogP contribution in [0.2, 0.25) is 0 Å². The van der Waals surface area contributed by atoms with Crippen molar-refractivity contribution in [2.24, 2.45) is 5.92 Å². The van der Waals surface area contributed by atoms with Crippen LogP contribution >= 0.6 is 0 Å². The number of carbonyl (C=O) groups is 1. The zero-order chi connectivity index (χ0) is 14.0. The predicted molar refractivity (Wildman–Crippen MR) is 70.5 cm³/mol. The number of hydrogen-bond donors (Lipinski definition) is 0. The highest BCUT2D eigenvalue weighted by molar-refractivity contribution is 5.86. The second kappa shape index (κ2) is 4.96. The van der Waals surface area contributed by atoms with E-state index >= 15 is 0 Å². The van der Waals surface area contributed by atoms with Crippen LogP contribution in [0.15, 0.2) is 24.4 Å². The second-order valence-corrected chi connectivity index (χ2v) is 5.65. The van der Waals surface area contributed by atoms with Gasteiger partial charge in [0.1, 0.15) is 11.4 Å². The molecule has 1 aliphatic carbocycles. The Labute approximate surface area is 109 Å². The van der Waals surface area contributed by atoms with Gasteiger partial charge in [0, 0.05) is 12.7 Å². The van der Waals surface area contributed by atoms with E-state index in [-0.39, 0.29) is 0 Å². The normalized spacial score (nSPS) is 16.1. The molecule has 0 unspecified atom stereocenters. The third kappa shape index (κ3) is 3.72. The smallest absolute Gasteiger partial charge is 0.416 e. The van der Waals surface area contributed by atoms with Crippen LogP contribution in [-0.4, -0.2) is 23.2 Å². The van der Waals surface area contributed by atoms with Gasteiger partial charge in [0.2, 0.25) is 0 Å². The maximum absolute atomic E-state index is 12.2. The first-order valence-electron chi connectivity index (χ1n) is 6.78. The summed E-state index contributed by atoms with van der Waals surface area (Å²) in [5.74, 6) is 1.03. The molecule has 4 heteroatoms. The topological polar surface area (TPSA) is 42.4 Å². The Morgan fingerprint density at radius 1 is 1.61 bits per heavy atom. The molecule has 0 atom stereocenters. The number of anilines is 1. The van der Waals surface area contributed by atoms with Crippen LogP contribution in [0.25, 0.3) is 0 Å². The molecule has 0 N–H and O–H groups in total. The van der Waals surface area contributed by atoms with Gasteiger partial charge in [-0.2, -0.15) is 0 Å². The fourth-order valence-corrected chi connectivity index (χ4v) is 1.60. The largest absolute Gasteiger partial charge is 0.443 e. The van der Waals surface area contributed by atoms with Crippen molar-refractivity contribution in [3.63, 3.8) is 0 Å². The third-order valence-corrected chi connectivity index (χ3v) is 2.62. The Kier molecular flexibility index (Phi) is 3.17. The molecular weight excluding hydrogens is 228 g/mol. The van der Waals surface area contributed by atoms with Gasteiger partial charge < -0.3 is 4.74 Å². The molecule has 1 aromatic heterocycles. The molecule has 0 saturated heterocycles. The number of carbonyl (C=O) groups excluding carboxylic acids is 1. The Hall–Kier alpha value is -1.58. The quantitative estimate of drug-likeness (QED) is 0.826. The number of hydrogen-bond acceptors (Lipinski definition) is 3. The summed E-state index contributed by atoms with van der Waals surface area (Å²) >= 11 is 0. The van der Waals surface area contributed by atoms with E-state index in [4.69, 9.17) is 6.11 Å². The molecule has 1 amide bonds. The van der Waals surface area contributed by atoms with Crippen molar-refractivity contribution in [3.8, 4) is 0 Å². The molecule has 1 fully saturated rings. The predicted octanol–water partition coefficient (Wildman–Crippen LogP) is 3.23. The zero-order valence-electron chi connectivity index (χ0n) is 12.1. The summed E-state index contributed by atoms with van der Waals surface area (Å²) in [4.78, 5) is 18.0. The standard InChI is InChI=1S/C14H20N2O2/c1-14(2,3)18-13(17)16(10-11-7-8-11)12-6-4-5-9-15-12/h4-6,9,11H,7-8,10H2,1-3H3/i4D. The molecule has 0 aliphatic heterocycles. The van der Waals surface area contributed by atoms with E-state index in [0.29, 0.717) is 24.3 Å². The average Bonchev–Trinajstić information content (AvgIpc) is 3.07. The molecule has 0 spiro atoms. The Balaban J connectivity index is 2.17. The Morgan fingerprint density at radius 3 is 2.89 bits per heavy atom. The van der Waals surface area contributed by atoms with Crippen LogP contribution in [0.1, 0.15) is 35.0 Å². The summed E-state index contributed by atoms with van der Waals surface area (Å²) in [5, 5.41) is 0. The number of rotatable bonds is 3. The van der Waals surface area contributed by atoms with Gasteiger partial charge in [0.25, 0.3) is 0 Å². The lowest BCUT2D eigenvalue weighted by Crippen LogP contribution is -2.38. The van der Waals surface area contributed by atoms with E-state index < -0.39 is 11.7 Å². The molecule has 0 radical (unpaired) electrons. The first-order valence-corrected chi connectivity index (χ1v) is 6.28. The van der Waals surface area contributed by atoms with E-state index in [1.165, 1.54) is 0 Å². The SMILES string of the molecule is [2H]c1ccnc(N(CC2CC2)C(=O)OC(C)(C)C)c1. The van der Waals surface area contributed by atoms with Gasteiger partial charge in [-0.15, -0.1) is 0 Å². The minimum atomic E-state index is -0.530. The molecule has 2 rings (SSSR count). The fraction of sp³-hybridized carbons (Fsp3) is 0.571. The summed E-state index contributed by atoms with van der Waals surface area (Å²) < 4.78 is 13.0. The van der Waals surface area contributed by atoms with Gasteiger partial charge in [-0.3, -0.25) is 4.90 Å². The fourth-order valence-electron chi connectivity index (χ4n) is 1.60. The van der Waals surface area contributed by atoms with Gasteiger partial charge in [0.05, 0.1) is 1.37 Å². The molecule has 0 bridgehead atoms. The van der Waals surface area contributed by atoms with Gasteiger partial charge in [0.15, 0.2) is 0 Å². The molecule has 18 heavy (non-hydrogen) atoms. The zero-order valence-corrected chi connectivity index (χ0v) is 11.1. The van der Waals surface area contributed by atoms with Gasteiger partial charge in [-0.05, 0) is 51.7 Å². The number of pyridine rings is 1. The van der Waals surface area contributed by atoms with Gasteiger partial charge in [-0.1, -0.05) is 6.04 Å². The van der Waals surface area contributed by atoms with Crippen LogP contribution in [0.4, 0.5) is 10.6 Å². The molecule has 1 heterocycles. The Morgan fingerprint density at radius 2 is 2.33 bits per heavy atom. The average molecular weight is 249 g/mol. The molecular formula is C14H20N2O2. The van der Waals surface area contributed by atoms with Crippen molar-refractivity contribution >= 4 is 11.9 Å². The number of nitrogens with zero attached hydrogens (tertiary/aromatic N) is 2. The van der Waals surface area contributed by atoms with Crippen molar-refractivity contribution in [2.45, 2.75) is 39.2 Å². The first-order chi connectivity index (χ1) is 8.85. The maximum atomic E-state index is 12.2. The minimum Gasteiger partial charge on any atom is -0.443 e. The highest BCUT2D eigenvalue weighted by Crippen LogP contribution is 2.31. The summed E-state index contributed by atoms with van der Waals surface area (Å²) in [6.45, 7) is 6.14. The van der Waals surface area contributed by atoms with E-state index in [1.807, 2.05) is 20.8 Å². The maximum Gasteiger partial charge on any atom is 0.416 e. The van der Waals surface area contributed by atoms with Crippen LogP contribution in [0, 0.1) is 5.92 Å². The van der Waals surface area contributed by atoms with Crippen LogP contribution in [0.5, 0.6) is 0 Å². The highest BCUT2D eigenvalue weighted by atomic mass is 16.6. The number of ether oxygens (including phenoxy) is 1. The van der Waals surface area contributed by atoms with Crippen molar-refractivity contribution < 1.29 is 10.9 Å². The summed E-state index contributed by atoms with van der Waals surface area (Å²) in [6, 6.07) is 3.52. The van der Waals surface area contributed by atoms with E-state index in [1.54, 1.807) is 23.2 Å². The van der Waals surface area contributed by atoms with Crippen LogP contribution < -0.4 is 4.90 Å². The van der Waals surface area contributed by atoms with E-state index in [9.17, 15) is 4.79 Å². The van der Waals surface area contributed by atoms with Crippen LogP contribution in [0.3, 0.4) is 0 Å². The van der Waals surface area contributed by atoms with Crippen molar-refractivity contribution in [1.82, 2.24) is 4.98 Å². The van der Waals surface area contributed by atoms with Crippen molar-refractivity contribution in [3.05, 3.63) is 24.4 Å². The molecule has 1 aromatic rings. The van der Waals surface area contributed by atoms with Gasteiger partial charge in [-0.25, -0.2) is 9.78 Å². The number of amides is 1. The van der Waals surface area contributed by atoms with Crippen LogP contribution in [-0.2, 0) is 4.74 Å². The van der Waals surface area contributed by atoms with E-state index in [0.717, 1.165) is 12.8 Å². The second-order valence-electron chi connectivity index (χ2n) is 5.65. The highest BCUT2D eigenvalue weighted by Gasteiger charge is 2.30. The van der Waals surface area contributed by atoms with Gasteiger partial charge >= 0.3 is 6.09 Å². The number of aromatic nitrogens is 1. The van der Waals surface area contributed by atoms with Crippen molar-refractivity contribution in [1.29, 1.82) is 0 Å². The lowest BCUT2D eigenvalue weighted by Gasteiger charge is -2.26. The summed E-state index contributed by atoms with van der Waals surface area (Å²) in [5.41, 5.74) is -0.530. The summed E-state index contributed by atoms with van der Waals surface area (Å²) in [7, 11) is 0. The summed E-state index contributed by atoms with van der Waals surface area (Å²) in [6.07, 6.45) is 3.43. The lowest BCUT2D eigenvalue weighted by molar-refractivity contribution is 0.0577. The lowest BCUT2D eigenvalue weighted by atomic mass is 10.2. The molecule has 1 saturated carbocycles.